The number of hydrogen-bond donors (Lipinski definition) is 2. The maximum atomic E-state index is 12.0. The SMILES string of the molecule is Cc1cccc(NC(=O)CSCC(=O)Nc2ccc(OC(C)C)cc2)c1. The minimum Gasteiger partial charge on any atom is -0.491 e. The molecule has 0 radical (unpaired) electrons. The molecule has 2 N–H and O–H groups in total. The molecule has 0 saturated heterocycles. The molecule has 6 heteroatoms. The first kappa shape index (κ1) is 19.8. The van der Waals surface area contributed by atoms with Crippen LogP contribution in [0.1, 0.15) is 19.4 Å². The van der Waals surface area contributed by atoms with Gasteiger partial charge in [0.2, 0.25) is 11.8 Å². The number of ether oxygens (including phenoxy) is 1. The first-order valence-corrected chi connectivity index (χ1v) is 9.58. The standard InChI is InChI=1S/C20H24N2O3S/c1-14(2)25-18-9-7-16(8-10-18)21-19(23)12-26-13-20(24)22-17-6-4-5-15(3)11-17/h4-11,14H,12-13H2,1-3H3,(H,21,23)(H,22,24). The summed E-state index contributed by atoms with van der Waals surface area (Å²) in [5, 5.41) is 5.63. The second-order valence-corrected chi connectivity index (χ2v) is 7.14. The molecule has 0 bridgehead atoms. The fourth-order valence-corrected chi connectivity index (χ4v) is 2.86. The molecular weight excluding hydrogens is 348 g/mol. The van der Waals surface area contributed by atoms with E-state index in [0.717, 1.165) is 17.0 Å². The largest absolute Gasteiger partial charge is 0.491 e. The monoisotopic (exact) mass is 372 g/mol. The van der Waals surface area contributed by atoms with Crippen LogP contribution in [0.25, 0.3) is 0 Å². The van der Waals surface area contributed by atoms with E-state index in [9.17, 15) is 9.59 Å². The van der Waals surface area contributed by atoms with Crippen LogP contribution in [0.15, 0.2) is 48.5 Å². The Morgan fingerprint density at radius 1 is 0.962 bits per heavy atom. The Hall–Kier alpha value is -2.47. The Labute approximate surface area is 158 Å². The van der Waals surface area contributed by atoms with Crippen molar-refractivity contribution in [2.45, 2.75) is 26.9 Å². The van der Waals surface area contributed by atoms with Crippen molar-refractivity contribution in [2.75, 3.05) is 22.1 Å². The molecule has 0 spiro atoms. The third-order valence-corrected chi connectivity index (χ3v) is 4.21. The minimum atomic E-state index is -0.143. The lowest BCUT2D eigenvalue weighted by atomic mass is 10.2. The average molecular weight is 372 g/mol. The third-order valence-electron chi connectivity index (χ3n) is 3.28. The third kappa shape index (κ3) is 7.19. The summed E-state index contributed by atoms with van der Waals surface area (Å²) in [5.41, 5.74) is 2.55. The number of aryl methyl sites for hydroxylation is 1. The number of hydrogen-bond acceptors (Lipinski definition) is 4. The molecule has 0 saturated carbocycles. The Bertz CT molecular complexity index is 745. The van der Waals surface area contributed by atoms with Crippen molar-refractivity contribution in [3.63, 3.8) is 0 Å². The van der Waals surface area contributed by atoms with Crippen LogP contribution in [-0.2, 0) is 9.59 Å². The van der Waals surface area contributed by atoms with E-state index in [-0.39, 0.29) is 29.4 Å². The van der Waals surface area contributed by atoms with Crippen molar-refractivity contribution < 1.29 is 14.3 Å². The maximum absolute atomic E-state index is 12.0. The zero-order valence-electron chi connectivity index (χ0n) is 15.2. The van der Waals surface area contributed by atoms with Gasteiger partial charge in [-0.05, 0) is 62.7 Å². The van der Waals surface area contributed by atoms with Gasteiger partial charge in [-0.3, -0.25) is 9.59 Å². The fraction of sp³-hybridized carbons (Fsp3) is 0.300. The topological polar surface area (TPSA) is 67.4 Å². The Balaban J connectivity index is 1.70. The molecule has 0 aliphatic rings. The highest BCUT2D eigenvalue weighted by Gasteiger charge is 2.07. The van der Waals surface area contributed by atoms with Gasteiger partial charge in [0.1, 0.15) is 5.75 Å². The molecule has 5 nitrogen and oxygen atoms in total. The highest BCUT2D eigenvalue weighted by molar-refractivity contribution is 8.00. The Kier molecular flexibility index (Phi) is 7.53. The van der Waals surface area contributed by atoms with Crippen molar-refractivity contribution in [2.24, 2.45) is 0 Å². The molecular formula is C20H24N2O3S. The lowest BCUT2D eigenvalue weighted by molar-refractivity contribution is -0.114. The summed E-state index contributed by atoms with van der Waals surface area (Å²) < 4.78 is 5.56. The van der Waals surface area contributed by atoms with E-state index in [4.69, 9.17) is 4.74 Å². The van der Waals surface area contributed by atoms with Crippen molar-refractivity contribution in [3.8, 4) is 5.75 Å². The predicted molar refractivity (Wildman–Crippen MR) is 108 cm³/mol. The summed E-state index contributed by atoms with van der Waals surface area (Å²) in [7, 11) is 0. The number of benzene rings is 2. The number of anilines is 2. The maximum Gasteiger partial charge on any atom is 0.234 e. The van der Waals surface area contributed by atoms with Crippen molar-refractivity contribution >= 4 is 35.0 Å². The first-order valence-electron chi connectivity index (χ1n) is 8.43. The summed E-state index contributed by atoms with van der Waals surface area (Å²) in [5.74, 6) is 0.938. The van der Waals surface area contributed by atoms with Gasteiger partial charge >= 0.3 is 0 Å². The van der Waals surface area contributed by atoms with E-state index < -0.39 is 0 Å². The molecule has 0 aliphatic heterocycles. The molecule has 2 aromatic carbocycles. The molecule has 0 heterocycles. The van der Waals surface area contributed by atoms with Crippen molar-refractivity contribution in [1.29, 1.82) is 0 Å². The van der Waals surface area contributed by atoms with Crippen LogP contribution in [0.3, 0.4) is 0 Å². The zero-order chi connectivity index (χ0) is 18.9. The first-order chi connectivity index (χ1) is 12.4. The minimum absolute atomic E-state index is 0.109. The predicted octanol–water partition coefficient (Wildman–Crippen LogP) is 4.09. The number of amides is 2. The molecule has 0 atom stereocenters. The van der Waals surface area contributed by atoms with E-state index in [0.29, 0.717) is 5.69 Å². The van der Waals surface area contributed by atoms with Gasteiger partial charge in [0, 0.05) is 11.4 Å². The van der Waals surface area contributed by atoms with E-state index in [1.165, 1.54) is 11.8 Å². The lowest BCUT2D eigenvalue weighted by Gasteiger charge is -2.10. The van der Waals surface area contributed by atoms with Crippen LogP contribution in [0, 0.1) is 6.92 Å². The van der Waals surface area contributed by atoms with Crippen molar-refractivity contribution in [3.05, 3.63) is 54.1 Å². The smallest absolute Gasteiger partial charge is 0.234 e. The summed E-state index contributed by atoms with van der Waals surface area (Å²) in [6.45, 7) is 5.89. The molecule has 0 aromatic heterocycles. The number of nitrogens with one attached hydrogen (secondary N) is 2. The number of carbonyl (C=O) groups excluding carboxylic acids is 2. The number of carbonyl (C=O) groups is 2. The second-order valence-electron chi connectivity index (χ2n) is 6.15. The van der Waals surface area contributed by atoms with Gasteiger partial charge in [-0.15, -0.1) is 11.8 Å². The van der Waals surface area contributed by atoms with Gasteiger partial charge in [0.25, 0.3) is 0 Å². The van der Waals surface area contributed by atoms with Crippen LogP contribution in [0.2, 0.25) is 0 Å². The number of thioether (sulfide) groups is 1. The Morgan fingerprint density at radius 2 is 1.58 bits per heavy atom. The van der Waals surface area contributed by atoms with Gasteiger partial charge in [-0.2, -0.15) is 0 Å². The summed E-state index contributed by atoms with van der Waals surface area (Å²) in [6.07, 6.45) is 0.109. The highest BCUT2D eigenvalue weighted by Crippen LogP contribution is 2.17. The highest BCUT2D eigenvalue weighted by atomic mass is 32.2. The molecule has 0 fully saturated rings. The molecule has 0 aliphatic carbocycles. The second kappa shape index (κ2) is 9.87. The van der Waals surface area contributed by atoms with Crippen LogP contribution < -0.4 is 15.4 Å². The molecule has 0 unspecified atom stereocenters. The van der Waals surface area contributed by atoms with Crippen molar-refractivity contribution in [1.82, 2.24) is 0 Å². The lowest BCUT2D eigenvalue weighted by Crippen LogP contribution is -2.18. The van der Waals surface area contributed by atoms with Gasteiger partial charge in [0.05, 0.1) is 17.6 Å². The summed E-state index contributed by atoms with van der Waals surface area (Å²) in [6, 6.07) is 14.8. The van der Waals surface area contributed by atoms with Crippen LogP contribution >= 0.6 is 11.8 Å². The summed E-state index contributed by atoms with van der Waals surface area (Å²) >= 11 is 1.27. The fourth-order valence-electron chi connectivity index (χ4n) is 2.24. The molecule has 26 heavy (non-hydrogen) atoms. The van der Waals surface area contributed by atoms with Gasteiger partial charge < -0.3 is 15.4 Å². The van der Waals surface area contributed by atoms with Crippen LogP contribution in [0.4, 0.5) is 11.4 Å². The summed E-state index contributed by atoms with van der Waals surface area (Å²) in [4.78, 5) is 23.9. The van der Waals surface area contributed by atoms with Gasteiger partial charge in [-0.1, -0.05) is 12.1 Å². The van der Waals surface area contributed by atoms with E-state index in [2.05, 4.69) is 10.6 Å². The molecule has 138 valence electrons. The quantitative estimate of drug-likeness (QED) is 0.732. The molecule has 2 rings (SSSR count). The van der Waals surface area contributed by atoms with E-state index in [1.54, 1.807) is 12.1 Å². The Morgan fingerprint density at radius 3 is 2.15 bits per heavy atom. The normalized spacial score (nSPS) is 10.5. The molecule has 2 aromatic rings. The van der Waals surface area contributed by atoms with Gasteiger partial charge in [-0.25, -0.2) is 0 Å². The van der Waals surface area contributed by atoms with E-state index in [1.807, 2.05) is 57.2 Å². The molecule has 2 amide bonds. The van der Waals surface area contributed by atoms with Crippen LogP contribution in [0.5, 0.6) is 5.75 Å². The van der Waals surface area contributed by atoms with Crippen LogP contribution in [-0.4, -0.2) is 29.4 Å². The van der Waals surface area contributed by atoms with E-state index >= 15 is 0 Å². The zero-order valence-corrected chi connectivity index (χ0v) is 16.1. The number of rotatable bonds is 8. The van der Waals surface area contributed by atoms with Gasteiger partial charge in [0.15, 0.2) is 0 Å². The average Bonchev–Trinajstić information content (AvgIpc) is 2.56.